The fourth-order valence-electron chi connectivity index (χ4n) is 3.38. The van der Waals surface area contributed by atoms with Crippen LogP contribution in [0, 0.1) is 6.92 Å². The Morgan fingerprint density at radius 3 is 2.60 bits per heavy atom. The molecule has 0 saturated carbocycles. The van der Waals surface area contributed by atoms with Crippen LogP contribution in [0.25, 0.3) is 0 Å². The van der Waals surface area contributed by atoms with Gasteiger partial charge in [0.25, 0.3) is 5.91 Å². The minimum Gasteiger partial charge on any atom is -0.455 e. The lowest BCUT2D eigenvalue weighted by atomic mass is 9.93. The van der Waals surface area contributed by atoms with Crippen molar-refractivity contribution in [3.05, 3.63) is 83.1 Å². The van der Waals surface area contributed by atoms with Gasteiger partial charge in [0.05, 0.1) is 11.4 Å². The minimum absolute atomic E-state index is 0.231. The Balaban J connectivity index is 1.51. The van der Waals surface area contributed by atoms with Gasteiger partial charge in [-0.25, -0.2) is 5.43 Å². The zero-order chi connectivity index (χ0) is 20.9. The molecule has 0 radical (unpaired) electrons. The first kappa shape index (κ1) is 19.4. The molecule has 1 aromatic carbocycles. The summed E-state index contributed by atoms with van der Waals surface area (Å²) in [6.45, 7) is 1.82. The standard InChI is InChI=1S/C22H21N5O3/c1-14-19-16(25-26-21(28)17-10-5-6-13-23-17)11-7-12-18(19)30-20(14)22(29)27-24-15-8-3-2-4-9-15/h2-6,8-10,13,24H,7,11-12H2,1H3,(H,26,28)(H,27,29)/b25-16+. The van der Waals surface area contributed by atoms with Crippen LogP contribution in [0.5, 0.6) is 0 Å². The molecule has 0 spiro atoms. The van der Waals surface area contributed by atoms with Crippen molar-refractivity contribution in [2.45, 2.75) is 26.2 Å². The summed E-state index contributed by atoms with van der Waals surface area (Å²) < 4.78 is 5.85. The maximum Gasteiger partial charge on any atom is 0.305 e. The second kappa shape index (κ2) is 8.60. The van der Waals surface area contributed by atoms with Crippen molar-refractivity contribution in [3.8, 4) is 0 Å². The van der Waals surface area contributed by atoms with E-state index in [1.54, 1.807) is 24.4 Å². The number of carbonyl (C=O) groups excluding carboxylic acids is 2. The van der Waals surface area contributed by atoms with Crippen molar-refractivity contribution in [3.63, 3.8) is 0 Å². The normalized spacial score (nSPS) is 14.1. The number of aromatic nitrogens is 1. The Kier molecular flexibility index (Phi) is 5.56. The van der Waals surface area contributed by atoms with Crippen LogP contribution in [0.15, 0.2) is 64.2 Å². The Hall–Kier alpha value is -3.94. The molecule has 2 amide bonds. The van der Waals surface area contributed by atoms with E-state index in [0.29, 0.717) is 29.9 Å². The molecule has 3 N–H and O–H groups in total. The molecule has 152 valence electrons. The molecule has 0 bridgehead atoms. The molecule has 0 atom stereocenters. The van der Waals surface area contributed by atoms with Crippen LogP contribution in [0.4, 0.5) is 5.69 Å². The van der Waals surface area contributed by atoms with Gasteiger partial charge in [-0.2, -0.15) is 5.10 Å². The number of nitrogens with zero attached hydrogens (tertiary/aromatic N) is 2. The molecule has 0 saturated heterocycles. The summed E-state index contributed by atoms with van der Waals surface area (Å²) in [7, 11) is 0. The number of amides is 2. The van der Waals surface area contributed by atoms with Crippen LogP contribution in [-0.4, -0.2) is 22.5 Å². The van der Waals surface area contributed by atoms with Gasteiger partial charge in [-0.15, -0.1) is 0 Å². The average Bonchev–Trinajstić information content (AvgIpc) is 3.14. The van der Waals surface area contributed by atoms with Crippen molar-refractivity contribution in [2.24, 2.45) is 5.10 Å². The molecule has 2 aromatic heterocycles. The summed E-state index contributed by atoms with van der Waals surface area (Å²) >= 11 is 0. The smallest absolute Gasteiger partial charge is 0.305 e. The predicted octanol–water partition coefficient (Wildman–Crippen LogP) is 3.21. The van der Waals surface area contributed by atoms with Crippen molar-refractivity contribution in [1.82, 2.24) is 15.8 Å². The Morgan fingerprint density at radius 1 is 1.03 bits per heavy atom. The molecule has 0 aliphatic heterocycles. The molecule has 2 heterocycles. The van der Waals surface area contributed by atoms with E-state index in [9.17, 15) is 9.59 Å². The van der Waals surface area contributed by atoms with Crippen molar-refractivity contribution in [2.75, 3.05) is 5.43 Å². The molecule has 1 aliphatic carbocycles. The zero-order valence-electron chi connectivity index (χ0n) is 16.4. The highest BCUT2D eigenvalue weighted by Crippen LogP contribution is 2.29. The molecular weight excluding hydrogens is 382 g/mol. The molecule has 8 nitrogen and oxygen atoms in total. The number of hydrogen-bond donors (Lipinski definition) is 3. The second-order valence-corrected chi connectivity index (χ2v) is 6.87. The van der Waals surface area contributed by atoms with Gasteiger partial charge in [-0.05, 0) is 44.0 Å². The van der Waals surface area contributed by atoms with E-state index in [1.807, 2.05) is 37.3 Å². The molecule has 30 heavy (non-hydrogen) atoms. The highest BCUT2D eigenvalue weighted by molar-refractivity contribution is 6.07. The van der Waals surface area contributed by atoms with Crippen LogP contribution in [-0.2, 0) is 6.42 Å². The number of para-hydroxylation sites is 1. The lowest BCUT2D eigenvalue weighted by Gasteiger charge is -2.13. The lowest BCUT2D eigenvalue weighted by molar-refractivity contribution is 0.0930. The quantitative estimate of drug-likeness (QED) is 0.567. The number of pyridine rings is 1. The number of aryl methyl sites for hydroxylation is 1. The third kappa shape index (κ3) is 4.07. The SMILES string of the molecule is Cc1c(C(=O)NNc2ccccc2)oc2c1/C(=N/NC(=O)c1ccccn1)CCC2. The molecule has 0 unspecified atom stereocenters. The van der Waals surface area contributed by atoms with E-state index < -0.39 is 0 Å². The van der Waals surface area contributed by atoms with Crippen LogP contribution in [0.3, 0.4) is 0 Å². The molecule has 8 heteroatoms. The number of nitrogens with one attached hydrogen (secondary N) is 3. The molecule has 3 aromatic rings. The monoisotopic (exact) mass is 403 g/mol. The van der Waals surface area contributed by atoms with Crippen LogP contribution < -0.4 is 16.3 Å². The first-order chi connectivity index (χ1) is 14.6. The topological polar surface area (TPSA) is 109 Å². The highest BCUT2D eigenvalue weighted by Gasteiger charge is 2.28. The zero-order valence-corrected chi connectivity index (χ0v) is 16.4. The van der Waals surface area contributed by atoms with Gasteiger partial charge in [0, 0.05) is 23.7 Å². The summed E-state index contributed by atoms with van der Waals surface area (Å²) in [6.07, 6.45) is 3.76. The first-order valence-corrected chi connectivity index (χ1v) is 9.65. The first-order valence-electron chi connectivity index (χ1n) is 9.65. The van der Waals surface area contributed by atoms with E-state index in [4.69, 9.17) is 4.42 Å². The summed E-state index contributed by atoms with van der Waals surface area (Å²) in [5, 5.41) is 4.30. The van der Waals surface area contributed by atoms with Gasteiger partial charge in [0.2, 0.25) is 0 Å². The number of anilines is 1. The highest BCUT2D eigenvalue weighted by atomic mass is 16.4. The number of hydrazone groups is 1. The van der Waals surface area contributed by atoms with Crippen molar-refractivity contribution >= 4 is 23.2 Å². The number of fused-ring (bicyclic) bond motifs is 1. The number of carbonyl (C=O) groups is 2. The minimum atomic E-state index is -0.388. The molecule has 1 aliphatic rings. The Labute approximate surface area is 173 Å². The summed E-state index contributed by atoms with van der Waals surface area (Å²) in [4.78, 5) is 28.9. The van der Waals surface area contributed by atoms with Crippen LogP contribution >= 0.6 is 0 Å². The predicted molar refractivity (Wildman–Crippen MR) is 112 cm³/mol. The van der Waals surface area contributed by atoms with Crippen molar-refractivity contribution in [1.29, 1.82) is 0 Å². The fourth-order valence-corrected chi connectivity index (χ4v) is 3.38. The second-order valence-electron chi connectivity index (χ2n) is 6.87. The number of benzene rings is 1. The van der Waals surface area contributed by atoms with Gasteiger partial charge >= 0.3 is 5.91 Å². The van der Waals surface area contributed by atoms with E-state index >= 15 is 0 Å². The maximum atomic E-state index is 12.6. The number of rotatable bonds is 5. The van der Waals surface area contributed by atoms with Gasteiger partial charge in [-0.3, -0.25) is 25.4 Å². The van der Waals surface area contributed by atoms with E-state index in [-0.39, 0.29) is 23.3 Å². The number of furan rings is 1. The Bertz CT molecular complexity index is 1090. The van der Waals surface area contributed by atoms with Crippen LogP contribution in [0.1, 0.15) is 50.8 Å². The van der Waals surface area contributed by atoms with Gasteiger partial charge in [0.1, 0.15) is 11.5 Å². The summed E-state index contributed by atoms with van der Waals surface area (Å²) in [5.74, 6) is 0.174. The number of hydrazine groups is 1. The third-order valence-corrected chi connectivity index (χ3v) is 4.82. The van der Waals surface area contributed by atoms with Crippen LogP contribution in [0.2, 0.25) is 0 Å². The van der Waals surface area contributed by atoms with E-state index in [1.165, 1.54) is 0 Å². The summed E-state index contributed by atoms with van der Waals surface area (Å²) in [5.41, 5.74) is 11.3. The fraction of sp³-hybridized carbons (Fsp3) is 0.182. The van der Waals surface area contributed by atoms with Crippen molar-refractivity contribution < 1.29 is 14.0 Å². The maximum absolute atomic E-state index is 12.6. The molecule has 0 fully saturated rings. The largest absolute Gasteiger partial charge is 0.455 e. The lowest BCUT2D eigenvalue weighted by Crippen LogP contribution is -2.29. The molecular formula is C22H21N5O3. The average molecular weight is 403 g/mol. The molecule has 4 rings (SSSR count). The summed E-state index contributed by atoms with van der Waals surface area (Å²) in [6, 6.07) is 14.4. The van der Waals surface area contributed by atoms with Gasteiger partial charge in [0.15, 0.2) is 5.76 Å². The van der Waals surface area contributed by atoms with E-state index in [0.717, 1.165) is 17.7 Å². The Morgan fingerprint density at radius 2 is 1.83 bits per heavy atom. The van der Waals surface area contributed by atoms with Gasteiger partial charge < -0.3 is 4.42 Å². The van der Waals surface area contributed by atoms with Gasteiger partial charge in [-0.1, -0.05) is 24.3 Å². The number of hydrogen-bond acceptors (Lipinski definition) is 6. The van der Waals surface area contributed by atoms with E-state index in [2.05, 4.69) is 26.4 Å². The third-order valence-electron chi connectivity index (χ3n) is 4.82.